The van der Waals surface area contributed by atoms with Crippen LogP contribution in [0.15, 0.2) is 34.8 Å². The molecule has 2 heterocycles. The molecule has 0 bridgehead atoms. The first kappa shape index (κ1) is 16.3. The van der Waals surface area contributed by atoms with Gasteiger partial charge in [0.05, 0.1) is 23.7 Å². The van der Waals surface area contributed by atoms with Crippen molar-refractivity contribution in [2.75, 3.05) is 5.75 Å². The van der Waals surface area contributed by atoms with Crippen LogP contribution in [-0.2, 0) is 9.53 Å². The fourth-order valence-corrected chi connectivity index (χ4v) is 3.75. The van der Waals surface area contributed by atoms with Gasteiger partial charge in [-0.1, -0.05) is 46.8 Å². The fourth-order valence-electron chi connectivity index (χ4n) is 1.92. The minimum absolute atomic E-state index is 0.0985. The number of hydrogen-bond acceptors (Lipinski definition) is 6. The van der Waals surface area contributed by atoms with Crippen LogP contribution < -0.4 is 0 Å². The average molecular weight is 368 g/mol. The number of aromatic nitrogens is 3. The molecule has 0 unspecified atom stereocenters. The molecule has 0 saturated heterocycles. The summed E-state index contributed by atoms with van der Waals surface area (Å²) in [5, 5.41) is 5.12. The molecule has 23 heavy (non-hydrogen) atoms. The Morgan fingerprint density at radius 1 is 1.39 bits per heavy atom. The van der Waals surface area contributed by atoms with Crippen molar-refractivity contribution in [2.45, 2.75) is 24.3 Å². The number of carbonyl (C=O) groups excluding carboxylic acids is 1. The molecule has 3 rings (SSSR count). The van der Waals surface area contributed by atoms with E-state index < -0.39 is 0 Å². The van der Waals surface area contributed by atoms with Gasteiger partial charge in [0, 0.05) is 10.6 Å². The minimum Gasteiger partial charge on any atom is -0.462 e. The second-order valence-corrected chi connectivity index (χ2v) is 7.67. The zero-order chi connectivity index (χ0) is 16.4. The van der Waals surface area contributed by atoms with E-state index in [1.165, 1.54) is 23.1 Å². The smallest absolute Gasteiger partial charge is 0.316 e. The van der Waals surface area contributed by atoms with Crippen molar-refractivity contribution in [3.63, 3.8) is 0 Å². The number of benzene rings is 1. The quantitative estimate of drug-likeness (QED) is 0.500. The third-order valence-electron chi connectivity index (χ3n) is 2.85. The van der Waals surface area contributed by atoms with E-state index in [0.717, 1.165) is 20.6 Å². The molecule has 0 atom stereocenters. The Morgan fingerprint density at radius 2 is 2.13 bits per heavy atom. The molecule has 0 amide bonds. The molecule has 2 aromatic heterocycles. The number of thioether (sulfide) groups is 1. The van der Waals surface area contributed by atoms with Crippen molar-refractivity contribution in [3.8, 4) is 11.3 Å². The van der Waals surface area contributed by atoms with E-state index in [-0.39, 0.29) is 17.8 Å². The number of esters is 1. The van der Waals surface area contributed by atoms with Gasteiger partial charge in [-0.15, -0.1) is 5.10 Å². The van der Waals surface area contributed by atoms with Crippen molar-refractivity contribution >= 4 is 45.6 Å². The molecule has 3 aromatic rings. The topological polar surface area (TPSA) is 56.5 Å². The number of rotatable bonds is 5. The summed E-state index contributed by atoms with van der Waals surface area (Å²) >= 11 is 8.70. The lowest BCUT2D eigenvalue weighted by Gasteiger charge is -2.05. The molecule has 0 aliphatic heterocycles. The maximum atomic E-state index is 11.5. The first-order chi connectivity index (χ1) is 11.0. The summed E-state index contributed by atoms with van der Waals surface area (Å²) in [7, 11) is 0. The Morgan fingerprint density at radius 3 is 2.78 bits per heavy atom. The molecule has 120 valence electrons. The second-order valence-electron chi connectivity index (χ2n) is 5.06. The summed E-state index contributed by atoms with van der Waals surface area (Å²) < 4.78 is 7.61. The number of nitrogens with zero attached hydrogens (tertiary/aromatic N) is 3. The highest BCUT2D eigenvalue weighted by molar-refractivity contribution is 8.01. The van der Waals surface area contributed by atoms with E-state index in [0.29, 0.717) is 5.02 Å². The molecule has 1 aromatic carbocycles. The molecule has 5 nitrogen and oxygen atoms in total. The van der Waals surface area contributed by atoms with Gasteiger partial charge in [0.25, 0.3) is 0 Å². The van der Waals surface area contributed by atoms with E-state index in [1.54, 1.807) is 4.52 Å². The van der Waals surface area contributed by atoms with E-state index in [9.17, 15) is 4.79 Å². The van der Waals surface area contributed by atoms with Crippen LogP contribution in [0.5, 0.6) is 0 Å². The Bertz CT molecular complexity index is 795. The summed E-state index contributed by atoms with van der Waals surface area (Å²) in [6.07, 6.45) is 1.77. The third kappa shape index (κ3) is 4.04. The zero-order valence-electron chi connectivity index (χ0n) is 12.5. The van der Waals surface area contributed by atoms with Gasteiger partial charge in [-0.3, -0.25) is 4.79 Å². The zero-order valence-corrected chi connectivity index (χ0v) is 14.9. The molecule has 0 radical (unpaired) electrons. The Labute approximate surface area is 146 Å². The fraction of sp³-hybridized carbons (Fsp3) is 0.267. The predicted octanol–water partition coefficient (Wildman–Crippen LogP) is 4.15. The van der Waals surface area contributed by atoms with Gasteiger partial charge in [-0.05, 0) is 26.0 Å². The average Bonchev–Trinajstić information content (AvgIpc) is 3.03. The Hall–Kier alpha value is -1.57. The standard InChI is InChI=1S/C15H14ClN3O2S2/c1-9(2)21-13(20)8-22-15-18-19-7-12(17-14(19)23-15)10-3-5-11(16)6-4-10/h3-7,9H,8H2,1-2H3. The maximum Gasteiger partial charge on any atom is 0.316 e. The molecule has 0 saturated carbocycles. The first-order valence-electron chi connectivity index (χ1n) is 6.95. The van der Waals surface area contributed by atoms with Crippen molar-refractivity contribution in [1.29, 1.82) is 0 Å². The van der Waals surface area contributed by atoms with Crippen LogP contribution in [0.3, 0.4) is 0 Å². The summed E-state index contributed by atoms with van der Waals surface area (Å²) in [6, 6.07) is 7.51. The van der Waals surface area contributed by atoms with Crippen LogP contribution in [0.4, 0.5) is 0 Å². The highest BCUT2D eigenvalue weighted by Crippen LogP contribution is 2.28. The van der Waals surface area contributed by atoms with Gasteiger partial charge in [0.15, 0.2) is 4.34 Å². The van der Waals surface area contributed by atoms with Crippen LogP contribution in [0, 0.1) is 0 Å². The van der Waals surface area contributed by atoms with Gasteiger partial charge in [-0.25, -0.2) is 9.50 Å². The Kier molecular flexibility index (Phi) is 4.89. The van der Waals surface area contributed by atoms with Gasteiger partial charge in [0.2, 0.25) is 4.96 Å². The lowest BCUT2D eigenvalue weighted by Crippen LogP contribution is -2.13. The van der Waals surface area contributed by atoms with Crippen molar-refractivity contribution in [2.24, 2.45) is 0 Å². The van der Waals surface area contributed by atoms with Crippen molar-refractivity contribution in [1.82, 2.24) is 14.6 Å². The molecular formula is C15H14ClN3O2S2. The molecule has 0 fully saturated rings. The number of hydrogen-bond donors (Lipinski definition) is 0. The number of halogens is 1. The third-order valence-corrected chi connectivity index (χ3v) is 5.13. The van der Waals surface area contributed by atoms with Crippen LogP contribution in [0.1, 0.15) is 13.8 Å². The summed E-state index contributed by atoms with van der Waals surface area (Å²) in [4.78, 5) is 16.9. The van der Waals surface area contributed by atoms with E-state index >= 15 is 0 Å². The molecule has 0 N–H and O–H groups in total. The van der Waals surface area contributed by atoms with Crippen molar-refractivity contribution in [3.05, 3.63) is 35.5 Å². The highest BCUT2D eigenvalue weighted by Gasteiger charge is 2.12. The normalized spacial score (nSPS) is 11.3. The lowest BCUT2D eigenvalue weighted by molar-refractivity contribution is -0.144. The Balaban J connectivity index is 1.70. The molecule has 0 aliphatic carbocycles. The lowest BCUT2D eigenvalue weighted by atomic mass is 10.2. The largest absolute Gasteiger partial charge is 0.462 e. The second kappa shape index (κ2) is 6.90. The van der Waals surface area contributed by atoms with E-state index in [4.69, 9.17) is 16.3 Å². The van der Waals surface area contributed by atoms with Crippen LogP contribution in [0.25, 0.3) is 16.2 Å². The summed E-state index contributed by atoms with van der Waals surface area (Å²) in [5.41, 5.74) is 1.83. The summed E-state index contributed by atoms with van der Waals surface area (Å²) in [5.74, 6) is 0.0125. The highest BCUT2D eigenvalue weighted by atomic mass is 35.5. The van der Waals surface area contributed by atoms with E-state index in [1.807, 2.05) is 44.3 Å². The van der Waals surface area contributed by atoms with Crippen LogP contribution in [0.2, 0.25) is 5.02 Å². The number of imidazole rings is 1. The minimum atomic E-state index is -0.236. The summed E-state index contributed by atoms with van der Waals surface area (Å²) in [6.45, 7) is 3.66. The van der Waals surface area contributed by atoms with E-state index in [2.05, 4.69) is 10.1 Å². The molecule has 0 spiro atoms. The molecule has 0 aliphatic rings. The van der Waals surface area contributed by atoms with Gasteiger partial charge in [-0.2, -0.15) is 0 Å². The first-order valence-corrected chi connectivity index (χ1v) is 9.13. The maximum absolute atomic E-state index is 11.5. The molecular weight excluding hydrogens is 354 g/mol. The monoisotopic (exact) mass is 367 g/mol. The van der Waals surface area contributed by atoms with Gasteiger partial charge >= 0.3 is 5.97 Å². The van der Waals surface area contributed by atoms with Gasteiger partial charge in [0.1, 0.15) is 0 Å². The van der Waals surface area contributed by atoms with Gasteiger partial charge < -0.3 is 4.74 Å². The SMILES string of the molecule is CC(C)OC(=O)CSc1nn2cc(-c3ccc(Cl)cc3)nc2s1. The number of fused-ring (bicyclic) bond motifs is 1. The molecule has 8 heteroatoms. The number of ether oxygens (including phenoxy) is 1. The predicted molar refractivity (Wildman–Crippen MR) is 93.3 cm³/mol. The van der Waals surface area contributed by atoms with Crippen molar-refractivity contribution < 1.29 is 9.53 Å². The number of carbonyl (C=O) groups is 1. The van der Waals surface area contributed by atoms with Crippen LogP contribution >= 0.6 is 34.7 Å². The van der Waals surface area contributed by atoms with Crippen LogP contribution in [-0.4, -0.2) is 32.4 Å².